The first-order valence-electron chi connectivity index (χ1n) is 7.33. The average molecular weight is 256 g/mol. The summed E-state index contributed by atoms with van der Waals surface area (Å²) in [6, 6.07) is 0.779. The molecule has 0 saturated carbocycles. The summed E-state index contributed by atoms with van der Waals surface area (Å²) in [7, 11) is 0. The maximum absolute atomic E-state index is 3.45. The smallest absolute Gasteiger partial charge is 0.0184 e. The van der Waals surface area contributed by atoms with Crippen LogP contribution >= 0.6 is 11.8 Å². The van der Waals surface area contributed by atoms with Crippen molar-refractivity contribution >= 4 is 11.8 Å². The summed E-state index contributed by atoms with van der Waals surface area (Å²) >= 11 is 2.14. The van der Waals surface area contributed by atoms with Crippen molar-refractivity contribution in [3.05, 3.63) is 0 Å². The number of piperidine rings is 1. The summed E-state index contributed by atoms with van der Waals surface area (Å²) in [5.74, 6) is 2.34. The van der Waals surface area contributed by atoms with Crippen molar-refractivity contribution in [3.63, 3.8) is 0 Å². The minimum atomic E-state index is 0.779. The van der Waals surface area contributed by atoms with E-state index in [9.17, 15) is 0 Å². The Labute approximate surface area is 111 Å². The molecule has 2 nitrogen and oxygen atoms in total. The van der Waals surface area contributed by atoms with E-state index in [1.807, 2.05) is 0 Å². The molecule has 0 radical (unpaired) electrons. The highest BCUT2D eigenvalue weighted by Crippen LogP contribution is 2.25. The normalized spacial score (nSPS) is 32.8. The highest BCUT2D eigenvalue weighted by molar-refractivity contribution is 8.00. The van der Waals surface area contributed by atoms with E-state index in [4.69, 9.17) is 0 Å². The number of rotatable bonds is 4. The van der Waals surface area contributed by atoms with Gasteiger partial charge in [0, 0.05) is 23.6 Å². The minimum absolute atomic E-state index is 0.779. The number of hydrogen-bond donors (Lipinski definition) is 1. The topological polar surface area (TPSA) is 15.3 Å². The molecule has 2 aliphatic heterocycles. The van der Waals surface area contributed by atoms with Crippen LogP contribution in [0.4, 0.5) is 0 Å². The molecule has 0 aromatic carbocycles. The number of thioether (sulfide) groups is 1. The lowest BCUT2D eigenvalue weighted by Gasteiger charge is -2.37. The Morgan fingerprint density at radius 1 is 1.24 bits per heavy atom. The fraction of sp³-hybridized carbons (Fsp3) is 1.00. The fourth-order valence-corrected chi connectivity index (χ4v) is 4.23. The molecule has 0 spiro atoms. The Hall–Kier alpha value is 0.270. The molecule has 0 bridgehead atoms. The second-order valence-corrected chi connectivity index (χ2v) is 7.17. The van der Waals surface area contributed by atoms with Crippen molar-refractivity contribution in [1.82, 2.24) is 10.2 Å². The van der Waals surface area contributed by atoms with Crippen LogP contribution in [0.1, 0.15) is 39.5 Å². The molecule has 2 aliphatic rings. The molecule has 2 saturated heterocycles. The van der Waals surface area contributed by atoms with Gasteiger partial charge in [0.1, 0.15) is 0 Å². The zero-order valence-electron chi connectivity index (χ0n) is 11.5. The molecule has 2 heterocycles. The fourth-order valence-electron chi connectivity index (χ4n) is 3.06. The Kier molecular flexibility index (Phi) is 5.64. The van der Waals surface area contributed by atoms with E-state index in [0.29, 0.717) is 0 Å². The monoisotopic (exact) mass is 256 g/mol. The third-order valence-corrected chi connectivity index (χ3v) is 5.87. The summed E-state index contributed by atoms with van der Waals surface area (Å²) in [6.07, 6.45) is 5.67. The summed E-state index contributed by atoms with van der Waals surface area (Å²) in [4.78, 5) is 2.71. The maximum atomic E-state index is 3.45. The van der Waals surface area contributed by atoms with Gasteiger partial charge in [-0.15, -0.1) is 0 Å². The lowest BCUT2D eigenvalue weighted by molar-refractivity contribution is 0.201. The second kappa shape index (κ2) is 7.01. The largest absolute Gasteiger partial charge is 0.317 e. The predicted molar refractivity (Wildman–Crippen MR) is 77.8 cm³/mol. The molecule has 0 amide bonds. The van der Waals surface area contributed by atoms with Gasteiger partial charge in [0.05, 0.1) is 0 Å². The van der Waals surface area contributed by atoms with Gasteiger partial charge >= 0.3 is 0 Å². The van der Waals surface area contributed by atoms with E-state index in [1.165, 1.54) is 57.6 Å². The third kappa shape index (κ3) is 4.15. The quantitative estimate of drug-likeness (QED) is 0.832. The molecule has 0 aromatic heterocycles. The van der Waals surface area contributed by atoms with E-state index in [-0.39, 0.29) is 0 Å². The van der Waals surface area contributed by atoms with Crippen molar-refractivity contribution in [2.75, 3.05) is 31.9 Å². The summed E-state index contributed by atoms with van der Waals surface area (Å²) in [6.45, 7) is 9.92. The van der Waals surface area contributed by atoms with Crippen LogP contribution in [0, 0.1) is 5.92 Å². The van der Waals surface area contributed by atoms with Gasteiger partial charge in [-0.1, -0.05) is 6.92 Å². The lowest BCUT2D eigenvalue weighted by Crippen LogP contribution is -2.45. The molecule has 2 unspecified atom stereocenters. The first-order chi connectivity index (χ1) is 8.27. The van der Waals surface area contributed by atoms with Crippen LogP contribution in [-0.4, -0.2) is 48.1 Å². The van der Waals surface area contributed by atoms with Crippen molar-refractivity contribution in [2.24, 2.45) is 5.92 Å². The molecule has 2 atom stereocenters. The third-order valence-electron chi connectivity index (χ3n) is 4.53. The van der Waals surface area contributed by atoms with Gasteiger partial charge in [-0.2, -0.15) is 11.8 Å². The zero-order chi connectivity index (χ0) is 12.1. The van der Waals surface area contributed by atoms with Crippen molar-refractivity contribution in [3.8, 4) is 0 Å². The van der Waals surface area contributed by atoms with E-state index < -0.39 is 0 Å². The number of nitrogens with zero attached hydrogens (tertiary/aromatic N) is 1. The Morgan fingerprint density at radius 2 is 2.00 bits per heavy atom. The molecule has 2 rings (SSSR count). The van der Waals surface area contributed by atoms with Crippen molar-refractivity contribution in [1.29, 1.82) is 0 Å². The van der Waals surface area contributed by atoms with E-state index in [1.54, 1.807) is 0 Å². The van der Waals surface area contributed by atoms with Crippen LogP contribution in [-0.2, 0) is 0 Å². The van der Waals surface area contributed by atoms with Gasteiger partial charge in [-0.05, 0) is 58.2 Å². The number of hydrogen-bond acceptors (Lipinski definition) is 3. The first-order valence-corrected chi connectivity index (χ1v) is 8.38. The van der Waals surface area contributed by atoms with Gasteiger partial charge in [-0.25, -0.2) is 0 Å². The summed E-state index contributed by atoms with van der Waals surface area (Å²) in [5.41, 5.74) is 0. The molecule has 0 aromatic rings. The lowest BCUT2D eigenvalue weighted by atomic mass is 9.93. The summed E-state index contributed by atoms with van der Waals surface area (Å²) in [5, 5.41) is 4.28. The van der Waals surface area contributed by atoms with Crippen LogP contribution in [0.5, 0.6) is 0 Å². The Morgan fingerprint density at radius 3 is 2.76 bits per heavy atom. The highest BCUT2D eigenvalue weighted by Gasteiger charge is 2.24. The second-order valence-electron chi connectivity index (χ2n) is 5.69. The molecular formula is C14H28N2S. The summed E-state index contributed by atoms with van der Waals surface area (Å²) < 4.78 is 0. The maximum Gasteiger partial charge on any atom is 0.0184 e. The molecule has 1 N–H and O–H groups in total. The van der Waals surface area contributed by atoms with Crippen molar-refractivity contribution in [2.45, 2.75) is 50.8 Å². The van der Waals surface area contributed by atoms with Crippen LogP contribution in [0.3, 0.4) is 0 Å². The van der Waals surface area contributed by atoms with Crippen LogP contribution < -0.4 is 5.32 Å². The van der Waals surface area contributed by atoms with Crippen LogP contribution in [0.25, 0.3) is 0 Å². The van der Waals surface area contributed by atoms with Gasteiger partial charge in [0.2, 0.25) is 0 Å². The first kappa shape index (κ1) is 13.7. The average Bonchev–Trinajstić information content (AvgIpc) is 2.36. The number of nitrogens with one attached hydrogen (secondary N) is 1. The predicted octanol–water partition coefficient (Wildman–Crippen LogP) is 2.59. The van der Waals surface area contributed by atoms with Crippen LogP contribution in [0.15, 0.2) is 0 Å². The van der Waals surface area contributed by atoms with Gasteiger partial charge in [0.15, 0.2) is 0 Å². The van der Waals surface area contributed by atoms with E-state index >= 15 is 0 Å². The molecule has 3 heteroatoms. The van der Waals surface area contributed by atoms with Crippen molar-refractivity contribution < 1.29 is 0 Å². The SMILES string of the molecule is CC1SCCN(CCCC2CCNCC2)C1C. The Balaban J connectivity index is 1.63. The minimum Gasteiger partial charge on any atom is -0.317 e. The highest BCUT2D eigenvalue weighted by atomic mass is 32.2. The molecule has 100 valence electrons. The zero-order valence-corrected chi connectivity index (χ0v) is 12.3. The molecular weight excluding hydrogens is 228 g/mol. The van der Waals surface area contributed by atoms with Gasteiger partial charge in [-0.3, -0.25) is 4.90 Å². The van der Waals surface area contributed by atoms with Gasteiger partial charge in [0.25, 0.3) is 0 Å². The molecule has 0 aliphatic carbocycles. The Bertz CT molecular complexity index is 216. The van der Waals surface area contributed by atoms with E-state index in [2.05, 4.69) is 35.8 Å². The van der Waals surface area contributed by atoms with Gasteiger partial charge < -0.3 is 5.32 Å². The molecule has 2 fully saturated rings. The van der Waals surface area contributed by atoms with E-state index in [0.717, 1.165) is 17.2 Å². The van der Waals surface area contributed by atoms with Crippen LogP contribution in [0.2, 0.25) is 0 Å². The standard InChI is InChI=1S/C14H28N2S/c1-12-13(2)17-11-10-16(12)9-3-4-14-5-7-15-8-6-14/h12-15H,3-11H2,1-2H3. The molecule has 17 heavy (non-hydrogen) atoms.